The van der Waals surface area contributed by atoms with Crippen LogP contribution in [0.15, 0.2) is 122 Å². The van der Waals surface area contributed by atoms with Crippen molar-refractivity contribution in [1.82, 2.24) is 19.9 Å². The molecule has 0 N–H and O–H groups in total. The molecular formula is C51H51N6P2+. The number of aromatic nitrogens is 4. The molecule has 2 aromatic heterocycles. The average molecular weight is 810 g/mol. The minimum Gasteiger partial charge on any atom is -0.341 e. The summed E-state index contributed by atoms with van der Waals surface area (Å²) < 4.78 is 0. The Kier molecular flexibility index (Phi) is 9.35. The van der Waals surface area contributed by atoms with Crippen LogP contribution in [0.4, 0.5) is 22.7 Å². The Balaban J connectivity index is 1.33. The molecule has 2 fully saturated rings. The number of anilines is 4. The van der Waals surface area contributed by atoms with Gasteiger partial charge in [0.1, 0.15) is 23.3 Å². The van der Waals surface area contributed by atoms with E-state index in [1.165, 1.54) is 130 Å². The van der Waals surface area contributed by atoms with Gasteiger partial charge in [-0.2, -0.15) is 0 Å². The lowest BCUT2D eigenvalue weighted by Crippen LogP contribution is -2.39. The van der Waals surface area contributed by atoms with Crippen LogP contribution >= 0.6 is 15.2 Å². The van der Waals surface area contributed by atoms with Gasteiger partial charge in [0.15, 0.2) is 0 Å². The Bertz CT molecular complexity index is 2720. The third-order valence-corrected chi connectivity index (χ3v) is 21.8. The summed E-state index contributed by atoms with van der Waals surface area (Å²) in [6.07, 6.45) is 20.1. The van der Waals surface area contributed by atoms with Crippen molar-refractivity contribution in [2.75, 3.05) is 30.6 Å². The molecule has 2 saturated carbocycles. The number of rotatable bonds is 2. The van der Waals surface area contributed by atoms with Gasteiger partial charge in [-0.05, 0) is 122 Å². The Hall–Kier alpha value is -5.02. The monoisotopic (exact) mass is 809 g/mol. The van der Waals surface area contributed by atoms with Crippen LogP contribution in [0.25, 0.3) is 43.4 Å². The summed E-state index contributed by atoms with van der Waals surface area (Å²) in [5.74, 6) is 0. The first kappa shape index (κ1) is 37.0. The maximum absolute atomic E-state index is 4.91. The number of hydrogen-bond acceptors (Lipinski definition) is 6. The van der Waals surface area contributed by atoms with Crippen LogP contribution in [0.5, 0.6) is 0 Å². The molecule has 6 aromatic carbocycles. The van der Waals surface area contributed by atoms with Gasteiger partial charge in [0.2, 0.25) is 0 Å². The number of nitrogens with zero attached hydrogens (tertiary/aromatic N) is 6. The van der Waals surface area contributed by atoms with Gasteiger partial charge in [-0.1, -0.05) is 74.2 Å². The molecule has 0 amide bonds. The van der Waals surface area contributed by atoms with Crippen molar-refractivity contribution in [3.05, 3.63) is 122 Å². The van der Waals surface area contributed by atoms with E-state index in [4.69, 9.17) is 9.97 Å². The van der Waals surface area contributed by atoms with E-state index in [-0.39, 0.29) is 0 Å². The lowest BCUT2D eigenvalue weighted by Gasteiger charge is -2.41. The lowest BCUT2D eigenvalue weighted by atomic mass is 10.0. The molecule has 0 spiro atoms. The van der Waals surface area contributed by atoms with E-state index < -0.39 is 15.2 Å². The molecule has 1 aliphatic heterocycles. The zero-order valence-electron chi connectivity index (χ0n) is 34.4. The van der Waals surface area contributed by atoms with Crippen molar-refractivity contribution in [1.29, 1.82) is 0 Å². The summed E-state index contributed by atoms with van der Waals surface area (Å²) in [5, 5.41) is 13.3. The molecule has 0 saturated heterocycles. The molecule has 0 bridgehead atoms. The second-order valence-corrected chi connectivity index (χ2v) is 23.6. The minimum atomic E-state index is -2.17. The maximum Gasteiger partial charge on any atom is 0.124 e. The summed E-state index contributed by atoms with van der Waals surface area (Å²) in [7, 11) is 1.68. The second kappa shape index (κ2) is 14.9. The number of hydrogen-bond donors (Lipinski definition) is 0. The number of fused-ring (bicyclic) bond motifs is 8. The third kappa shape index (κ3) is 6.20. The van der Waals surface area contributed by atoms with Gasteiger partial charge in [0.25, 0.3) is 0 Å². The van der Waals surface area contributed by atoms with Crippen LogP contribution in [-0.2, 0) is 0 Å². The van der Waals surface area contributed by atoms with E-state index >= 15 is 0 Å². The van der Waals surface area contributed by atoms with Crippen LogP contribution in [-0.4, -0.2) is 52.0 Å². The van der Waals surface area contributed by atoms with E-state index in [9.17, 15) is 0 Å². The average Bonchev–Trinajstić information content (AvgIpc) is 3.30. The molecule has 2 atom stereocenters. The van der Waals surface area contributed by atoms with Crippen LogP contribution in [0.3, 0.4) is 0 Å². The molecule has 3 heterocycles. The largest absolute Gasteiger partial charge is 0.341 e. The third-order valence-electron chi connectivity index (χ3n) is 14.1. The van der Waals surface area contributed by atoms with Crippen LogP contribution < -0.4 is 31.0 Å². The minimum absolute atomic E-state index is 0.543. The normalized spacial score (nSPS) is 20.5. The van der Waals surface area contributed by atoms with Gasteiger partial charge in [0, 0.05) is 53.6 Å². The Morgan fingerprint density at radius 2 is 0.949 bits per heavy atom. The van der Waals surface area contributed by atoms with Crippen molar-refractivity contribution in [3.8, 4) is 0 Å². The topological polar surface area (TPSA) is 58.0 Å². The van der Waals surface area contributed by atoms with Crippen molar-refractivity contribution >= 4 is 103 Å². The van der Waals surface area contributed by atoms with Gasteiger partial charge in [0.05, 0.1) is 47.7 Å². The fourth-order valence-corrected chi connectivity index (χ4v) is 18.9. The Morgan fingerprint density at radius 1 is 0.508 bits per heavy atom. The molecule has 8 aromatic rings. The highest BCUT2D eigenvalue weighted by atomic mass is 31.2. The van der Waals surface area contributed by atoms with E-state index in [0.717, 1.165) is 21.8 Å². The van der Waals surface area contributed by atoms with Crippen molar-refractivity contribution in [3.63, 3.8) is 0 Å². The first-order chi connectivity index (χ1) is 29.0. The second-order valence-electron chi connectivity index (χ2n) is 17.4. The number of benzene rings is 6. The fraction of sp³-hybridized carbons (Fsp3) is 0.294. The van der Waals surface area contributed by atoms with Crippen molar-refractivity contribution in [2.45, 2.75) is 75.5 Å². The zero-order valence-corrected chi connectivity index (χ0v) is 36.1. The zero-order chi connectivity index (χ0) is 39.7. The smallest absolute Gasteiger partial charge is 0.124 e. The molecule has 2 unspecified atom stereocenters. The van der Waals surface area contributed by atoms with Gasteiger partial charge >= 0.3 is 0 Å². The van der Waals surface area contributed by atoms with Crippen LogP contribution in [0.2, 0.25) is 0 Å². The molecule has 3 aliphatic rings. The Labute approximate surface area is 349 Å². The van der Waals surface area contributed by atoms with E-state index in [1.807, 2.05) is 12.4 Å². The van der Waals surface area contributed by atoms with E-state index in [1.54, 1.807) is 12.7 Å². The molecule has 6 nitrogen and oxygen atoms in total. The van der Waals surface area contributed by atoms with Gasteiger partial charge < -0.3 is 9.80 Å². The lowest BCUT2D eigenvalue weighted by molar-refractivity contribution is 0.511. The molecule has 294 valence electrons. The van der Waals surface area contributed by atoms with Crippen molar-refractivity contribution < 1.29 is 0 Å². The summed E-state index contributed by atoms with van der Waals surface area (Å²) in [6, 6.07) is 38.1. The van der Waals surface area contributed by atoms with Crippen molar-refractivity contribution in [2.24, 2.45) is 0 Å². The first-order valence-corrected chi connectivity index (χ1v) is 25.3. The summed E-state index contributed by atoms with van der Waals surface area (Å²) in [6.45, 7) is 2.68. The molecule has 0 radical (unpaired) electrons. The molecule has 11 rings (SSSR count). The van der Waals surface area contributed by atoms with E-state index in [0.29, 0.717) is 11.3 Å². The van der Waals surface area contributed by atoms with Gasteiger partial charge in [-0.15, -0.1) is 0 Å². The first-order valence-electron chi connectivity index (χ1n) is 21.6. The SMILES string of the molecule is CN1c2cc3ccccc3cc2P(C2CCCCC2)c2cc3cncnc3cc2N(C)c2cc3ncncc3cc2[P+](C)(C2CCCCC2)c2cc3ccccc3cc21. The summed E-state index contributed by atoms with van der Waals surface area (Å²) in [5.41, 5.74) is 8.23. The van der Waals surface area contributed by atoms with Gasteiger partial charge in [-0.25, -0.2) is 19.9 Å². The molecule has 8 heteroatoms. The summed E-state index contributed by atoms with van der Waals surface area (Å²) >= 11 is 0. The molecule has 2 aliphatic carbocycles. The highest BCUT2D eigenvalue weighted by Gasteiger charge is 2.51. The fourth-order valence-electron chi connectivity index (χ4n) is 10.9. The highest BCUT2D eigenvalue weighted by Crippen LogP contribution is 2.65. The van der Waals surface area contributed by atoms with Gasteiger partial charge in [-0.3, -0.25) is 0 Å². The predicted octanol–water partition coefficient (Wildman–Crippen LogP) is 11.4. The summed E-state index contributed by atoms with van der Waals surface area (Å²) in [4.78, 5) is 24.2. The molecule has 59 heavy (non-hydrogen) atoms. The molecular weight excluding hydrogens is 759 g/mol. The van der Waals surface area contributed by atoms with Crippen LogP contribution in [0.1, 0.15) is 64.2 Å². The predicted molar refractivity (Wildman–Crippen MR) is 255 cm³/mol. The quantitative estimate of drug-likeness (QED) is 0.162. The Morgan fingerprint density at radius 3 is 1.56 bits per heavy atom. The highest BCUT2D eigenvalue weighted by molar-refractivity contribution is 7.90. The van der Waals surface area contributed by atoms with Crippen LogP contribution in [0, 0.1) is 0 Å². The maximum atomic E-state index is 4.91. The van der Waals surface area contributed by atoms with E-state index in [2.05, 4.69) is 138 Å². The standard InChI is InChI=1S/C51H51N6P2/c1-56-44-22-34-14-10-12-16-36(34)24-48(44)58(40-18-6-4-7-19-40)49-25-38-30-52-32-54-42(38)28-45(49)57(2)47-29-43-39(31-53-33-55-43)27-51(47)59(3,41-20-8-5-9-21-41)50-26-37-17-13-11-15-35(37)23-46(50)56/h10-17,22-33,40-41H,4-9,18-21H2,1-3H3/q+1.